The zero-order valence-corrected chi connectivity index (χ0v) is 20.5. The van der Waals surface area contributed by atoms with Crippen molar-refractivity contribution in [1.82, 2.24) is 4.57 Å². The Hall–Kier alpha value is -2.88. The number of aromatic nitrogens is 1. The van der Waals surface area contributed by atoms with Crippen molar-refractivity contribution < 1.29 is 32.5 Å². The molecule has 194 valence electrons. The number of nitrogens with zero attached hydrogens (tertiary/aromatic N) is 1. The van der Waals surface area contributed by atoms with Crippen LogP contribution in [-0.2, 0) is 21.4 Å². The third-order valence-corrected chi connectivity index (χ3v) is 6.63. The highest BCUT2D eigenvalue weighted by molar-refractivity contribution is 5.78. The molecule has 36 heavy (non-hydrogen) atoms. The molecule has 9 heteroatoms. The van der Waals surface area contributed by atoms with Crippen LogP contribution in [0.25, 0.3) is 10.9 Å². The Morgan fingerprint density at radius 2 is 1.78 bits per heavy atom. The summed E-state index contributed by atoms with van der Waals surface area (Å²) < 4.78 is 61.5. The molecule has 2 aromatic carbocycles. The SMILES string of the molecule is COc1ccc(C2OCCCO2)cc1C(C)(C)CC(O)(Cn1ccc(=O)c2ccccc21)C(F)(F)F. The molecule has 4 rings (SSSR count). The first-order chi connectivity index (χ1) is 16.9. The smallest absolute Gasteiger partial charge is 0.418 e. The van der Waals surface area contributed by atoms with E-state index in [0.717, 1.165) is 6.42 Å². The molecule has 1 aliphatic heterocycles. The van der Waals surface area contributed by atoms with Crippen molar-refractivity contribution in [3.05, 3.63) is 76.1 Å². The number of ether oxygens (including phenoxy) is 3. The van der Waals surface area contributed by atoms with Crippen LogP contribution in [0.4, 0.5) is 13.2 Å². The fourth-order valence-electron chi connectivity index (χ4n) is 4.83. The van der Waals surface area contributed by atoms with E-state index >= 15 is 0 Å². The molecule has 2 heterocycles. The zero-order valence-electron chi connectivity index (χ0n) is 20.5. The molecule has 1 unspecified atom stereocenters. The largest absolute Gasteiger partial charge is 0.496 e. The molecule has 1 saturated heterocycles. The minimum absolute atomic E-state index is 0.283. The molecule has 1 atom stereocenters. The summed E-state index contributed by atoms with van der Waals surface area (Å²) in [5.41, 5.74) is -3.10. The lowest BCUT2D eigenvalue weighted by molar-refractivity contribution is -0.271. The van der Waals surface area contributed by atoms with Gasteiger partial charge in [0.15, 0.2) is 17.3 Å². The van der Waals surface area contributed by atoms with E-state index < -0.39 is 36.4 Å². The van der Waals surface area contributed by atoms with Crippen LogP contribution in [0.1, 0.15) is 44.1 Å². The first kappa shape index (κ1) is 26.2. The molecule has 6 nitrogen and oxygen atoms in total. The van der Waals surface area contributed by atoms with Gasteiger partial charge in [0.1, 0.15) is 5.75 Å². The van der Waals surface area contributed by atoms with E-state index in [2.05, 4.69) is 0 Å². The molecule has 0 radical (unpaired) electrons. The van der Waals surface area contributed by atoms with Crippen LogP contribution >= 0.6 is 0 Å². The van der Waals surface area contributed by atoms with Gasteiger partial charge >= 0.3 is 6.18 Å². The van der Waals surface area contributed by atoms with Crippen LogP contribution in [0.5, 0.6) is 5.75 Å². The fourth-order valence-corrected chi connectivity index (χ4v) is 4.83. The molecule has 3 aromatic rings. The molecule has 1 aliphatic rings. The topological polar surface area (TPSA) is 69.9 Å². The van der Waals surface area contributed by atoms with E-state index in [1.54, 1.807) is 56.3 Å². The molecule has 0 aliphatic carbocycles. The van der Waals surface area contributed by atoms with Gasteiger partial charge in [0.25, 0.3) is 0 Å². The molecule has 1 fully saturated rings. The molecule has 1 N–H and O–H groups in total. The first-order valence-electron chi connectivity index (χ1n) is 11.7. The van der Waals surface area contributed by atoms with Gasteiger partial charge in [0.05, 0.1) is 32.4 Å². The highest BCUT2D eigenvalue weighted by atomic mass is 19.4. The lowest BCUT2D eigenvalue weighted by Crippen LogP contribution is -2.52. The van der Waals surface area contributed by atoms with Crippen molar-refractivity contribution in [3.63, 3.8) is 0 Å². The monoisotopic (exact) mass is 505 g/mol. The second-order valence-corrected chi connectivity index (χ2v) is 9.80. The van der Waals surface area contributed by atoms with Gasteiger partial charge in [-0.15, -0.1) is 0 Å². The fraction of sp³-hybridized carbons (Fsp3) is 0.444. The van der Waals surface area contributed by atoms with Gasteiger partial charge in [-0.3, -0.25) is 4.79 Å². The zero-order chi connectivity index (χ0) is 26.1. The average molecular weight is 506 g/mol. The quantitative estimate of drug-likeness (QED) is 0.484. The maximum Gasteiger partial charge on any atom is 0.418 e. The van der Waals surface area contributed by atoms with Crippen LogP contribution in [0.15, 0.2) is 59.5 Å². The maximum absolute atomic E-state index is 14.5. The lowest BCUT2D eigenvalue weighted by atomic mass is 9.74. The summed E-state index contributed by atoms with van der Waals surface area (Å²) in [7, 11) is 1.45. The number of methoxy groups -OCH3 is 1. The van der Waals surface area contributed by atoms with Crippen molar-refractivity contribution in [3.8, 4) is 5.75 Å². The van der Waals surface area contributed by atoms with Crippen LogP contribution in [0, 0.1) is 0 Å². The number of fused-ring (bicyclic) bond motifs is 1. The summed E-state index contributed by atoms with van der Waals surface area (Å²) in [6.45, 7) is 3.54. The number of rotatable bonds is 7. The summed E-state index contributed by atoms with van der Waals surface area (Å²) in [5.74, 6) is 0.401. The Kier molecular flexibility index (Phi) is 7.19. The van der Waals surface area contributed by atoms with Crippen molar-refractivity contribution in [2.45, 2.75) is 56.7 Å². The molecule has 0 spiro atoms. The standard InChI is InChI=1S/C27H30F3NO5/c1-25(2,20-15-18(9-10-23(20)34-3)24-35-13-6-14-36-24)16-26(33,27(28,29)30)17-31-12-11-22(32)19-7-4-5-8-21(19)31/h4-5,7-12,15,24,33H,6,13-14,16-17H2,1-3H3. The molecular formula is C27H30F3NO5. The van der Waals surface area contributed by atoms with Crippen LogP contribution in [-0.4, -0.2) is 41.8 Å². The number of alkyl halides is 3. The molecule has 1 aromatic heterocycles. The third-order valence-electron chi connectivity index (χ3n) is 6.63. The Morgan fingerprint density at radius 3 is 2.44 bits per heavy atom. The Bertz CT molecular complexity index is 1280. The maximum atomic E-state index is 14.5. The van der Waals surface area contributed by atoms with Crippen molar-refractivity contribution >= 4 is 10.9 Å². The summed E-state index contributed by atoms with van der Waals surface area (Å²) in [5, 5.41) is 11.5. The number of halogens is 3. The summed E-state index contributed by atoms with van der Waals surface area (Å²) in [4.78, 5) is 12.2. The highest BCUT2D eigenvalue weighted by Crippen LogP contribution is 2.45. The van der Waals surface area contributed by atoms with Gasteiger partial charge in [0, 0.05) is 28.8 Å². The third kappa shape index (κ3) is 5.14. The first-order valence-corrected chi connectivity index (χ1v) is 11.7. The Balaban J connectivity index is 1.73. The van der Waals surface area contributed by atoms with Gasteiger partial charge < -0.3 is 23.9 Å². The number of benzene rings is 2. The Labute approximate surface area is 207 Å². The van der Waals surface area contributed by atoms with Crippen molar-refractivity contribution in [1.29, 1.82) is 0 Å². The van der Waals surface area contributed by atoms with Gasteiger partial charge in [0.2, 0.25) is 0 Å². The number of para-hydroxylation sites is 1. The normalized spacial score (nSPS) is 17.2. The van der Waals surface area contributed by atoms with Crippen LogP contribution in [0.2, 0.25) is 0 Å². The van der Waals surface area contributed by atoms with Crippen molar-refractivity contribution in [2.75, 3.05) is 20.3 Å². The minimum atomic E-state index is -4.95. The molecule has 0 saturated carbocycles. The number of aliphatic hydroxyl groups is 1. The Morgan fingerprint density at radius 1 is 1.08 bits per heavy atom. The summed E-state index contributed by atoms with van der Waals surface area (Å²) in [6.07, 6.45) is -4.17. The van der Waals surface area contributed by atoms with E-state index in [1.165, 1.54) is 23.9 Å². The van der Waals surface area contributed by atoms with E-state index in [4.69, 9.17) is 14.2 Å². The lowest BCUT2D eigenvalue weighted by Gasteiger charge is -2.39. The second-order valence-electron chi connectivity index (χ2n) is 9.80. The molecule has 0 amide bonds. The number of hydrogen-bond acceptors (Lipinski definition) is 5. The van der Waals surface area contributed by atoms with E-state index in [0.29, 0.717) is 35.6 Å². The number of pyridine rings is 1. The van der Waals surface area contributed by atoms with Gasteiger partial charge in [-0.1, -0.05) is 32.0 Å². The van der Waals surface area contributed by atoms with E-state index in [-0.39, 0.29) is 10.8 Å². The van der Waals surface area contributed by atoms with Crippen LogP contribution < -0.4 is 10.2 Å². The van der Waals surface area contributed by atoms with Gasteiger partial charge in [-0.05, 0) is 42.5 Å². The summed E-state index contributed by atoms with van der Waals surface area (Å²) >= 11 is 0. The minimum Gasteiger partial charge on any atom is -0.496 e. The highest BCUT2D eigenvalue weighted by Gasteiger charge is 2.56. The molecular weight excluding hydrogens is 475 g/mol. The number of hydrogen-bond donors (Lipinski definition) is 1. The van der Waals surface area contributed by atoms with Crippen molar-refractivity contribution in [2.24, 2.45) is 0 Å². The summed E-state index contributed by atoms with van der Waals surface area (Å²) in [6, 6.07) is 12.8. The van der Waals surface area contributed by atoms with Gasteiger partial charge in [-0.25, -0.2) is 0 Å². The van der Waals surface area contributed by atoms with E-state index in [9.17, 15) is 23.1 Å². The predicted molar refractivity (Wildman–Crippen MR) is 129 cm³/mol. The molecule has 0 bridgehead atoms. The van der Waals surface area contributed by atoms with Gasteiger partial charge in [-0.2, -0.15) is 13.2 Å². The predicted octanol–water partition coefficient (Wildman–Crippen LogP) is 5.11. The van der Waals surface area contributed by atoms with Crippen LogP contribution in [0.3, 0.4) is 0 Å². The second kappa shape index (κ2) is 9.88. The van der Waals surface area contributed by atoms with E-state index in [1.807, 2.05) is 0 Å². The average Bonchev–Trinajstić information content (AvgIpc) is 2.85.